The number of halogens is 1. The molecule has 2 aromatic rings. The van der Waals surface area contributed by atoms with Crippen molar-refractivity contribution in [3.8, 4) is 10.4 Å². The molecule has 11 heteroatoms. The van der Waals surface area contributed by atoms with Crippen LogP contribution >= 0.6 is 22.9 Å². The number of hydrogen-bond donors (Lipinski definition) is 3. The highest BCUT2D eigenvalue weighted by molar-refractivity contribution is 7.90. The number of aliphatic carboxylic acids is 1. The Morgan fingerprint density at radius 2 is 2.03 bits per heavy atom. The minimum Gasteiger partial charge on any atom is -0.480 e. The first kappa shape index (κ1) is 23.3. The van der Waals surface area contributed by atoms with E-state index in [1.54, 1.807) is 13.0 Å². The maximum Gasteiger partial charge on any atom is 0.320 e. The Kier molecular flexibility index (Phi) is 7.75. The van der Waals surface area contributed by atoms with Crippen LogP contribution in [-0.4, -0.2) is 49.2 Å². The lowest BCUT2D eigenvalue weighted by molar-refractivity contribution is -0.138. The summed E-state index contributed by atoms with van der Waals surface area (Å²) in [5.74, 6) is -1.18. The summed E-state index contributed by atoms with van der Waals surface area (Å²) in [4.78, 5) is 27.9. The van der Waals surface area contributed by atoms with E-state index in [0.29, 0.717) is 29.4 Å². The van der Waals surface area contributed by atoms with Crippen LogP contribution in [0.4, 0.5) is 5.13 Å². The number of hydrogen-bond acceptors (Lipinski definition) is 7. The van der Waals surface area contributed by atoms with E-state index in [2.05, 4.69) is 15.6 Å². The van der Waals surface area contributed by atoms with E-state index in [4.69, 9.17) is 16.7 Å². The minimum atomic E-state index is -3.47. The van der Waals surface area contributed by atoms with Crippen molar-refractivity contribution in [2.24, 2.45) is 0 Å². The normalized spacial score (nSPS) is 12.6. The van der Waals surface area contributed by atoms with Crippen LogP contribution in [0.5, 0.6) is 0 Å². The third kappa shape index (κ3) is 6.49. The molecule has 0 aliphatic heterocycles. The molecule has 1 aromatic carbocycles. The highest BCUT2D eigenvalue weighted by Gasteiger charge is 2.17. The predicted octanol–water partition coefficient (Wildman–Crippen LogP) is 2.96. The van der Waals surface area contributed by atoms with Gasteiger partial charge < -0.3 is 15.7 Å². The van der Waals surface area contributed by atoms with Crippen LogP contribution in [0.25, 0.3) is 10.4 Å². The number of benzene rings is 1. The number of rotatable bonds is 9. The van der Waals surface area contributed by atoms with E-state index in [-0.39, 0.29) is 22.2 Å². The summed E-state index contributed by atoms with van der Waals surface area (Å²) in [6.07, 6.45) is 1.79. The van der Waals surface area contributed by atoms with Gasteiger partial charge in [0, 0.05) is 12.7 Å². The van der Waals surface area contributed by atoms with Gasteiger partial charge in [-0.1, -0.05) is 29.0 Å². The summed E-state index contributed by atoms with van der Waals surface area (Å²) in [5, 5.41) is 14.9. The summed E-state index contributed by atoms with van der Waals surface area (Å²) in [6.45, 7) is 3.71. The highest BCUT2D eigenvalue weighted by atomic mass is 35.5. The molecule has 0 aliphatic carbocycles. The number of thiazole rings is 1. The van der Waals surface area contributed by atoms with Gasteiger partial charge in [-0.2, -0.15) is 0 Å². The zero-order chi connectivity index (χ0) is 21.8. The number of aryl methyl sites for hydroxylation is 1. The summed E-state index contributed by atoms with van der Waals surface area (Å²) < 4.78 is 23.8. The topological polar surface area (TPSA) is 125 Å². The number of carboxylic acid groups (broad SMARTS) is 1. The molecule has 0 bridgehead atoms. The van der Waals surface area contributed by atoms with Crippen molar-refractivity contribution in [1.82, 2.24) is 10.3 Å². The Labute approximate surface area is 178 Å². The lowest BCUT2D eigenvalue weighted by Gasteiger charge is -2.08. The molecule has 2 rings (SSSR count). The third-order valence-electron chi connectivity index (χ3n) is 4.04. The molecular formula is C18H22ClN3O5S2. The largest absolute Gasteiger partial charge is 0.480 e. The van der Waals surface area contributed by atoms with Crippen molar-refractivity contribution in [3.63, 3.8) is 0 Å². The van der Waals surface area contributed by atoms with Crippen molar-refractivity contribution in [2.45, 2.75) is 37.6 Å². The number of aromatic nitrogens is 1. The first-order chi connectivity index (χ1) is 13.5. The fourth-order valence-electron chi connectivity index (χ4n) is 2.48. The second-order valence-electron chi connectivity index (χ2n) is 6.52. The molecule has 0 fully saturated rings. The smallest absolute Gasteiger partial charge is 0.320 e. The van der Waals surface area contributed by atoms with Crippen LogP contribution in [-0.2, 0) is 19.4 Å². The van der Waals surface area contributed by atoms with Gasteiger partial charge in [-0.25, -0.2) is 13.4 Å². The van der Waals surface area contributed by atoms with Crippen LogP contribution in [0.15, 0.2) is 23.1 Å². The van der Waals surface area contributed by atoms with Gasteiger partial charge in [0.1, 0.15) is 6.04 Å². The molecule has 3 N–H and O–H groups in total. The summed E-state index contributed by atoms with van der Waals surface area (Å²) >= 11 is 7.23. The Morgan fingerprint density at radius 1 is 1.34 bits per heavy atom. The lowest BCUT2D eigenvalue weighted by atomic mass is 10.2. The quantitative estimate of drug-likeness (QED) is 0.492. The number of carbonyl (C=O) groups excluding carboxylic acids is 1. The SMILES string of the molecule is Cc1nc(NC(=O)CCCN[C@@H](C)C(=O)O)sc1-c1ccc(Cl)c(S(C)(=O)=O)c1. The van der Waals surface area contributed by atoms with Crippen molar-refractivity contribution in [3.05, 3.63) is 28.9 Å². The lowest BCUT2D eigenvalue weighted by Crippen LogP contribution is -2.34. The van der Waals surface area contributed by atoms with Gasteiger partial charge in [0.05, 0.1) is 20.5 Å². The van der Waals surface area contributed by atoms with Gasteiger partial charge in [-0.15, -0.1) is 0 Å². The van der Waals surface area contributed by atoms with Crippen molar-refractivity contribution in [2.75, 3.05) is 18.1 Å². The van der Waals surface area contributed by atoms with E-state index in [0.717, 1.165) is 11.1 Å². The first-order valence-electron chi connectivity index (χ1n) is 8.72. The second-order valence-corrected chi connectivity index (χ2v) is 9.91. The molecule has 0 radical (unpaired) electrons. The van der Waals surface area contributed by atoms with E-state index < -0.39 is 21.8 Å². The van der Waals surface area contributed by atoms with E-state index in [9.17, 15) is 18.0 Å². The molecule has 1 amide bonds. The summed E-state index contributed by atoms with van der Waals surface area (Å²) in [5.41, 5.74) is 1.31. The molecule has 158 valence electrons. The maximum absolute atomic E-state index is 12.1. The van der Waals surface area contributed by atoms with Gasteiger partial charge in [0.15, 0.2) is 15.0 Å². The van der Waals surface area contributed by atoms with E-state index in [1.807, 2.05) is 0 Å². The number of carboxylic acids is 1. The molecule has 1 heterocycles. The number of anilines is 1. The van der Waals surface area contributed by atoms with Gasteiger partial charge in [0.2, 0.25) is 5.91 Å². The van der Waals surface area contributed by atoms with Gasteiger partial charge in [-0.3, -0.25) is 9.59 Å². The fourth-order valence-corrected chi connectivity index (χ4v) is 4.76. The average Bonchev–Trinajstić information content (AvgIpc) is 2.97. The summed E-state index contributed by atoms with van der Waals surface area (Å²) in [6, 6.07) is 4.06. The standard InChI is InChI=1S/C18H22ClN3O5S2/c1-10-16(12-6-7-13(19)14(9-12)29(3,26)27)28-18(21-10)22-15(23)5-4-8-20-11(2)17(24)25/h6-7,9,11,20H,4-5,8H2,1-3H3,(H,24,25)(H,21,22,23)/t11-/m0/s1. The van der Waals surface area contributed by atoms with Gasteiger partial charge >= 0.3 is 5.97 Å². The number of sulfone groups is 1. The zero-order valence-electron chi connectivity index (χ0n) is 16.2. The monoisotopic (exact) mass is 459 g/mol. The van der Waals surface area contributed by atoms with Gasteiger partial charge in [0.25, 0.3) is 0 Å². The Balaban J connectivity index is 2.04. The Morgan fingerprint density at radius 3 is 2.66 bits per heavy atom. The maximum atomic E-state index is 12.1. The van der Waals surface area contributed by atoms with Crippen molar-refractivity contribution in [1.29, 1.82) is 0 Å². The molecule has 0 aliphatic rings. The molecule has 29 heavy (non-hydrogen) atoms. The van der Waals surface area contributed by atoms with Crippen LogP contribution < -0.4 is 10.6 Å². The molecule has 8 nitrogen and oxygen atoms in total. The molecule has 0 saturated heterocycles. The van der Waals surface area contributed by atoms with Crippen LogP contribution in [0.2, 0.25) is 5.02 Å². The van der Waals surface area contributed by atoms with Crippen LogP contribution in [0.3, 0.4) is 0 Å². The fraction of sp³-hybridized carbons (Fsp3) is 0.389. The van der Waals surface area contributed by atoms with E-state index in [1.165, 1.54) is 30.4 Å². The average molecular weight is 460 g/mol. The number of carbonyl (C=O) groups is 2. The summed E-state index contributed by atoms with van der Waals surface area (Å²) in [7, 11) is -3.47. The predicted molar refractivity (Wildman–Crippen MR) is 113 cm³/mol. The number of nitrogens with one attached hydrogen (secondary N) is 2. The van der Waals surface area contributed by atoms with Crippen molar-refractivity contribution < 1.29 is 23.1 Å². The second kappa shape index (κ2) is 9.66. The van der Waals surface area contributed by atoms with Crippen LogP contribution in [0, 0.1) is 6.92 Å². The molecule has 1 aromatic heterocycles. The number of nitrogens with zero attached hydrogens (tertiary/aromatic N) is 1. The highest BCUT2D eigenvalue weighted by Crippen LogP contribution is 2.35. The first-order valence-corrected chi connectivity index (χ1v) is 11.8. The zero-order valence-corrected chi connectivity index (χ0v) is 18.5. The van der Waals surface area contributed by atoms with Crippen molar-refractivity contribution >= 4 is 49.8 Å². The Bertz CT molecular complexity index is 1020. The molecule has 0 saturated carbocycles. The molecular weight excluding hydrogens is 438 g/mol. The Hall–Kier alpha value is -2.01. The molecule has 0 spiro atoms. The number of amides is 1. The minimum absolute atomic E-state index is 0.0399. The van der Waals surface area contributed by atoms with E-state index >= 15 is 0 Å². The molecule has 0 unspecified atom stereocenters. The van der Waals surface area contributed by atoms with Gasteiger partial charge in [-0.05, 0) is 44.5 Å². The molecule has 1 atom stereocenters. The third-order valence-corrected chi connectivity index (χ3v) is 6.74. The van der Waals surface area contributed by atoms with Crippen LogP contribution in [0.1, 0.15) is 25.5 Å².